The Morgan fingerprint density at radius 3 is 2.24 bits per heavy atom. The first-order chi connectivity index (χ1) is 9.84. The zero-order valence-electron chi connectivity index (χ0n) is 13.2. The molecule has 0 unspecified atom stereocenters. The second-order valence-corrected chi connectivity index (χ2v) is 8.43. The third kappa shape index (κ3) is 5.00. The zero-order chi connectivity index (χ0) is 15.5. The zero-order valence-corrected chi connectivity index (χ0v) is 14.0. The van der Waals surface area contributed by atoms with E-state index < -0.39 is 9.84 Å². The molecule has 0 atom stereocenters. The van der Waals surface area contributed by atoms with Crippen molar-refractivity contribution >= 4 is 15.5 Å². The number of nitrogens with one attached hydrogen (secondary N) is 1. The Morgan fingerprint density at radius 1 is 1.19 bits per heavy atom. The van der Waals surface area contributed by atoms with Gasteiger partial charge < -0.3 is 10.2 Å². The van der Waals surface area contributed by atoms with Crippen molar-refractivity contribution in [2.45, 2.75) is 37.6 Å². The summed E-state index contributed by atoms with van der Waals surface area (Å²) in [4.78, 5) is 2.90. The van der Waals surface area contributed by atoms with Gasteiger partial charge in [0, 0.05) is 37.6 Å². The minimum absolute atomic E-state index is 0.375. The van der Waals surface area contributed by atoms with Gasteiger partial charge in [0.25, 0.3) is 0 Å². The molecule has 118 valence electrons. The summed E-state index contributed by atoms with van der Waals surface area (Å²) in [6, 6.07) is 7.54. The van der Waals surface area contributed by atoms with Gasteiger partial charge in [0.1, 0.15) is 0 Å². The molecule has 0 radical (unpaired) electrons. The third-order valence-corrected chi connectivity index (χ3v) is 4.99. The Labute approximate surface area is 128 Å². The van der Waals surface area contributed by atoms with E-state index >= 15 is 0 Å². The lowest BCUT2D eigenvalue weighted by Crippen LogP contribution is -2.40. The molecule has 2 rings (SSSR count). The fourth-order valence-corrected chi connectivity index (χ4v) is 3.44. The molecule has 0 amide bonds. The van der Waals surface area contributed by atoms with Gasteiger partial charge in [0.15, 0.2) is 9.84 Å². The largest absolute Gasteiger partial charge is 0.382 e. The molecule has 1 aromatic rings. The van der Waals surface area contributed by atoms with Gasteiger partial charge in [0.05, 0.1) is 4.90 Å². The molecule has 0 spiro atoms. The molecule has 4 nitrogen and oxygen atoms in total. The van der Waals surface area contributed by atoms with Crippen LogP contribution in [-0.4, -0.2) is 45.2 Å². The average Bonchev–Trinajstić information content (AvgIpc) is 2.40. The van der Waals surface area contributed by atoms with Gasteiger partial charge in [0.2, 0.25) is 0 Å². The fourth-order valence-electron chi connectivity index (χ4n) is 2.81. The summed E-state index contributed by atoms with van der Waals surface area (Å²) in [6.45, 7) is 7.96. The van der Waals surface area contributed by atoms with E-state index in [1.165, 1.54) is 12.8 Å². The van der Waals surface area contributed by atoms with Crippen LogP contribution in [0.5, 0.6) is 0 Å². The van der Waals surface area contributed by atoms with E-state index in [1.807, 2.05) is 12.1 Å². The van der Waals surface area contributed by atoms with Gasteiger partial charge in [-0.2, -0.15) is 0 Å². The Hall–Kier alpha value is -1.07. The standard InChI is InChI=1S/C16H26N2O2S/c1-13(2)12-18-10-8-15(9-11-18)17-14-4-6-16(7-5-14)21(3,19)20/h4-7,13,15,17H,8-12H2,1-3H3. The van der Waals surface area contributed by atoms with Gasteiger partial charge in [-0.3, -0.25) is 0 Å². The van der Waals surface area contributed by atoms with Crippen LogP contribution in [0.25, 0.3) is 0 Å². The highest BCUT2D eigenvalue weighted by molar-refractivity contribution is 7.90. The van der Waals surface area contributed by atoms with Crippen LogP contribution < -0.4 is 5.32 Å². The number of benzene rings is 1. The van der Waals surface area contributed by atoms with Crippen molar-refractivity contribution in [2.75, 3.05) is 31.2 Å². The number of sulfone groups is 1. The molecule has 5 heteroatoms. The molecule has 1 aromatic carbocycles. The van der Waals surface area contributed by atoms with Crippen molar-refractivity contribution in [3.8, 4) is 0 Å². The van der Waals surface area contributed by atoms with Gasteiger partial charge in [-0.05, 0) is 43.0 Å². The van der Waals surface area contributed by atoms with Crippen molar-refractivity contribution in [3.63, 3.8) is 0 Å². The van der Waals surface area contributed by atoms with Crippen molar-refractivity contribution in [3.05, 3.63) is 24.3 Å². The number of nitrogens with zero attached hydrogens (tertiary/aromatic N) is 1. The molecule has 1 N–H and O–H groups in total. The Bertz CT molecular complexity index is 544. The van der Waals surface area contributed by atoms with Crippen LogP contribution in [0, 0.1) is 5.92 Å². The monoisotopic (exact) mass is 310 g/mol. The van der Waals surface area contributed by atoms with Gasteiger partial charge in [-0.1, -0.05) is 13.8 Å². The van der Waals surface area contributed by atoms with Gasteiger partial charge in [-0.15, -0.1) is 0 Å². The molecule has 1 aliphatic heterocycles. The third-order valence-electron chi connectivity index (χ3n) is 3.86. The smallest absolute Gasteiger partial charge is 0.175 e. The minimum Gasteiger partial charge on any atom is -0.382 e. The summed E-state index contributed by atoms with van der Waals surface area (Å²) in [5, 5.41) is 3.51. The van der Waals surface area contributed by atoms with E-state index in [0.717, 1.165) is 37.5 Å². The van der Waals surface area contributed by atoms with Crippen LogP contribution in [0.2, 0.25) is 0 Å². The number of rotatable bonds is 5. The Kier molecular flexibility index (Phi) is 5.27. The normalized spacial score (nSPS) is 18.1. The van der Waals surface area contributed by atoms with Crippen molar-refractivity contribution in [1.82, 2.24) is 4.90 Å². The lowest BCUT2D eigenvalue weighted by Gasteiger charge is -2.33. The summed E-state index contributed by atoms with van der Waals surface area (Å²) >= 11 is 0. The molecule has 0 aromatic heterocycles. The lowest BCUT2D eigenvalue weighted by atomic mass is 10.0. The first kappa shape index (κ1) is 16.3. The minimum atomic E-state index is -3.11. The maximum Gasteiger partial charge on any atom is 0.175 e. The molecule has 1 fully saturated rings. The van der Waals surface area contributed by atoms with E-state index in [2.05, 4.69) is 24.1 Å². The van der Waals surface area contributed by atoms with Crippen LogP contribution in [0.15, 0.2) is 29.2 Å². The van der Waals surface area contributed by atoms with E-state index in [0.29, 0.717) is 10.9 Å². The number of piperidine rings is 1. The molecule has 1 heterocycles. The lowest BCUT2D eigenvalue weighted by molar-refractivity contribution is 0.198. The summed E-state index contributed by atoms with van der Waals surface area (Å²) in [6.07, 6.45) is 3.51. The van der Waals surface area contributed by atoms with E-state index in [-0.39, 0.29) is 0 Å². The second kappa shape index (κ2) is 6.79. The summed E-state index contributed by atoms with van der Waals surface area (Å²) in [5.74, 6) is 0.720. The number of hydrogen-bond donors (Lipinski definition) is 1. The number of hydrogen-bond acceptors (Lipinski definition) is 4. The van der Waals surface area contributed by atoms with E-state index in [1.54, 1.807) is 12.1 Å². The molecular weight excluding hydrogens is 284 g/mol. The fraction of sp³-hybridized carbons (Fsp3) is 0.625. The maximum absolute atomic E-state index is 11.4. The van der Waals surface area contributed by atoms with Crippen LogP contribution in [0.4, 0.5) is 5.69 Å². The van der Waals surface area contributed by atoms with Crippen LogP contribution >= 0.6 is 0 Å². The topological polar surface area (TPSA) is 49.4 Å². The quantitative estimate of drug-likeness (QED) is 0.908. The van der Waals surface area contributed by atoms with Crippen LogP contribution in [-0.2, 0) is 9.84 Å². The van der Waals surface area contributed by atoms with Crippen LogP contribution in [0.3, 0.4) is 0 Å². The number of anilines is 1. The highest BCUT2D eigenvalue weighted by Crippen LogP contribution is 2.19. The molecular formula is C16H26N2O2S. The summed E-state index contributed by atoms with van der Waals surface area (Å²) in [5.41, 5.74) is 1.00. The SMILES string of the molecule is CC(C)CN1CCC(Nc2ccc(S(C)(=O)=O)cc2)CC1. The summed E-state index contributed by atoms with van der Waals surface area (Å²) < 4.78 is 22.9. The molecule has 0 saturated carbocycles. The van der Waals surface area contributed by atoms with Gasteiger partial charge in [-0.25, -0.2) is 8.42 Å². The number of likely N-dealkylation sites (tertiary alicyclic amines) is 1. The average molecular weight is 310 g/mol. The molecule has 1 aliphatic rings. The van der Waals surface area contributed by atoms with Crippen molar-refractivity contribution in [2.24, 2.45) is 5.92 Å². The first-order valence-electron chi connectivity index (χ1n) is 7.63. The summed E-state index contributed by atoms with van der Waals surface area (Å²) in [7, 11) is -3.11. The van der Waals surface area contributed by atoms with E-state index in [9.17, 15) is 8.42 Å². The molecule has 21 heavy (non-hydrogen) atoms. The second-order valence-electron chi connectivity index (χ2n) is 6.41. The van der Waals surface area contributed by atoms with Crippen molar-refractivity contribution in [1.29, 1.82) is 0 Å². The molecule has 0 aliphatic carbocycles. The maximum atomic E-state index is 11.4. The molecule has 0 bridgehead atoms. The predicted octanol–water partition coefficient (Wildman–Crippen LogP) is 2.62. The first-order valence-corrected chi connectivity index (χ1v) is 9.53. The van der Waals surface area contributed by atoms with Crippen LogP contribution in [0.1, 0.15) is 26.7 Å². The predicted molar refractivity (Wildman–Crippen MR) is 87.5 cm³/mol. The van der Waals surface area contributed by atoms with Crippen molar-refractivity contribution < 1.29 is 8.42 Å². The van der Waals surface area contributed by atoms with E-state index in [4.69, 9.17) is 0 Å². The highest BCUT2D eigenvalue weighted by Gasteiger charge is 2.19. The highest BCUT2D eigenvalue weighted by atomic mass is 32.2. The Morgan fingerprint density at radius 2 is 1.76 bits per heavy atom. The van der Waals surface area contributed by atoms with Gasteiger partial charge >= 0.3 is 0 Å². The Balaban J connectivity index is 1.86. The molecule has 1 saturated heterocycles.